The maximum Gasteiger partial charge on any atom is 0.263 e. The summed E-state index contributed by atoms with van der Waals surface area (Å²) in [7, 11) is -3.54. The molecule has 1 aliphatic rings. The summed E-state index contributed by atoms with van der Waals surface area (Å²) >= 11 is 5.51. The minimum Gasteiger partial charge on any atom is -0.373 e. The summed E-state index contributed by atoms with van der Waals surface area (Å²) in [6.45, 7) is 3.56. The molecule has 0 bridgehead atoms. The maximum absolute atomic E-state index is 12.7. The van der Waals surface area contributed by atoms with Crippen LogP contribution in [0.15, 0.2) is 40.9 Å². The molecule has 0 aliphatic carbocycles. The molecule has 0 atom stereocenters. The molecule has 0 radical (unpaired) electrons. The molecule has 26 heavy (non-hydrogen) atoms. The van der Waals surface area contributed by atoms with Gasteiger partial charge in [-0.25, -0.2) is 8.42 Å². The lowest BCUT2D eigenvalue weighted by Crippen LogP contribution is -2.47. The van der Waals surface area contributed by atoms with Gasteiger partial charge in [0.25, 0.3) is 5.91 Å². The topological polar surface area (TPSA) is 93.5 Å². The van der Waals surface area contributed by atoms with Crippen molar-refractivity contribution in [2.24, 2.45) is 0 Å². The van der Waals surface area contributed by atoms with Crippen molar-refractivity contribution < 1.29 is 13.2 Å². The van der Waals surface area contributed by atoms with Crippen molar-refractivity contribution in [3.8, 4) is 6.07 Å². The van der Waals surface area contributed by atoms with Gasteiger partial charge in [0.2, 0.25) is 10.0 Å². The molecular weight excluding hydrogens is 376 g/mol. The Bertz CT molecular complexity index is 807. The molecule has 1 amide bonds. The van der Waals surface area contributed by atoms with E-state index in [0.717, 1.165) is 5.56 Å². The minimum atomic E-state index is -3.54. The highest BCUT2D eigenvalue weighted by atomic mass is 35.5. The zero-order valence-electron chi connectivity index (χ0n) is 14.5. The van der Waals surface area contributed by atoms with E-state index >= 15 is 0 Å². The first kappa shape index (κ1) is 20.2. The fraction of sp³-hybridized carbons (Fsp3) is 0.412. The number of alkyl halides is 1. The van der Waals surface area contributed by atoms with Crippen LogP contribution in [0.1, 0.15) is 5.56 Å². The molecule has 1 aromatic carbocycles. The third-order valence-corrected chi connectivity index (χ3v) is 6.09. The maximum atomic E-state index is 12.7. The summed E-state index contributed by atoms with van der Waals surface area (Å²) in [5, 5.41) is 11.7. The average Bonchev–Trinajstić information content (AvgIpc) is 2.65. The predicted octanol–water partition coefficient (Wildman–Crippen LogP) is 1.06. The smallest absolute Gasteiger partial charge is 0.263 e. The SMILES string of the molecule is Cc1ccc(S(=O)(=O)N2CCN(/C=C(/C#N)C(=O)NCCCl)CC2)cc1. The molecule has 1 aliphatic heterocycles. The van der Waals surface area contributed by atoms with Crippen molar-refractivity contribution in [3.05, 3.63) is 41.6 Å². The Labute approximate surface area is 158 Å². The van der Waals surface area contributed by atoms with Crippen molar-refractivity contribution >= 4 is 27.5 Å². The van der Waals surface area contributed by atoms with E-state index in [-0.39, 0.29) is 36.0 Å². The number of nitrogens with zero attached hydrogens (tertiary/aromatic N) is 3. The van der Waals surface area contributed by atoms with Gasteiger partial charge >= 0.3 is 0 Å². The van der Waals surface area contributed by atoms with Crippen LogP contribution in [-0.2, 0) is 14.8 Å². The van der Waals surface area contributed by atoms with E-state index in [4.69, 9.17) is 16.9 Å². The second-order valence-electron chi connectivity index (χ2n) is 5.85. The van der Waals surface area contributed by atoms with Gasteiger partial charge in [0.05, 0.1) is 4.90 Å². The number of nitrogens with one attached hydrogen (secondary N) is 1. The molecule has 0 aromatic heterocycles. The van der Waals surface area contributed by atoms with E-state index < -0.39 is 15.9 Å². The number of carbonyl (C=O) groups is 1. The third-order valence-electron chi connectivity index (χ3n) is 3.99. The number of carbonyl (C=O) groups excluding carboxylic acids is 1. The summed E-state index contributed by atoms with van der Waals surface area (Å²) in [5.74, 6) is -0.220. The van der Waals surface area contributed by atoms with Gasteiger partial charge in [0.1, 0.15) is 11.6 Å². The second kappa shape index (κ2) is 9.03. The van der Waals surface area contributed by atoms with Gasteiger partial charge in [-0.05, 0) is 19.1 Å². The molecular formula is C17H21ClN4O3S. The Balaban J connectivity index is 2.02. The largest absolute Gasteiger partial charge is 0.373 e. The van der Waals surface area contributed by atoms with E-state index in [0.29, 0.717) is 13.1 Å². The number of aryl methyl sites for hydroxylation is 1. The number of rotatable bonds is 6. The summed E-state index contributed by atoms with van der Waals surface area (Å²) in [6, 6.07) is 8.61. The molecule has 1 heterocycles. The van der Waals surface area contributed by atoms with Crippen LogP contribution in [0.5, 0.6) is 0 Å². The molecule has 1 saturated heterocycles. The predicted molar refractivity (Wildman–Crippen MR) is 98.9 cm³/mol. The lowest BCUT2D eigenvalue weighted by atomic mass is 10.2. The summed E-state index contributed by atoms with van der Waals surface area (Å²) in [4.78, 5) is 13.9. The molecule has 1 fully saturated rings. The summed E-state index contributed by atoms with van der Waals surface area (Å²) < 4.78 is 26.8. The number of piperazine rings is 1. The molecule has 1 N–H and O–H groups in total. The molecule has 0 saturated carbocycles. The van der Waals surface area contributed by atoms with Gasteiger partial charge in [-0.1, -0.05) is 17.7 Å². The van der Waals surface area contributed by atoms with E-state index in [9.17, 15) is 13.2 Å². The first-order valence-corrected chi connectivity index (χ1v) is 10.1. The highest BCUT2D eigenvalue weighted by molar-refractivity contribution is 7.89. The molecule has 2 rings (SSSR count). The molecule has 1 aromatic rings. The van der Waals surface area contributed by atoms with E-state index in [1.54, 1.807) is 29.2 Å². The molecule has 7 nitrogen and oxygen atoms in total. The van der Waals surface area contributed by atoms with Crippen molar-refractivity contribution in [1.82, 2.24) is 14.5 Å². The Morgan fingerprint density at radius 3 is 2.42 bits per heavy atom. The number of nitriles is 1. The fourth-order valence-corrected chi connectivity index (χ4v) is 4.03. The number of halogens is 1. The van der Waals surface area contributed by atoms with E-state index in [1.807, 2.05) is 13.0 Å². The molecule has 0 unspecified atom stereocenters. The zero-order chi connectivity index (χ0) is 19.2. The van der Waals surface area contributed by atoms with Crippen LogP contribution in [0, 0.1) is 18.3 Å². The minimum absolute atomic E-state index is 0.0232. The Morgan fingerprint density at radius 1 is 1.27 bits per heavy atom. The van der Waals surface area contributed by atoms with Crippen LogP contribution >= 0.6 is 11.6 Å². The van der Waals surface area contributed by atoms with Gasteiger partial charge in [0.15, 0.2) is 0 Å². The fourth-order valence-electron chi connectivity index (χ4n) is 2.51. The number of sulfonamides is 1. The number of benzene rings is 1. The standard InChI is InChI=1S/C17H21ClN4O3S/c1-14-2-4-16(5-3-14)26(24,25)22-10-8-21(9-11-22)13-15(12-19)17(23)20-7-6-18/h2-5,13H,6-11H2,1H3,(H,20,23)/b15-13-. The van der Waals surface area contributed by atoms with Crippen LogP contribution in [0.4, 0.5) is 0 Å². The quantitative estimate of drug-likeness (QED) is 0.441. The second-order valence-corrected chi connectivity index (χ2v) is 8.17. The van der Waals surface area contributed by atoms with Crippen LogP contribution in [0.3, 0.4) is 0 Å². The lowest BCUT2D eigenvalue weighted by Gasteiger charge is -2.33. The molecule has 0 spiro atoms. The molecule has 140 valence electrons. The van der Waals surface area contributed by atoms with Crippen molar-refractivity contribution in [2.45, 2.75) is 11.8 Å². The normalized spacial score (nSPS) is 16.2. The lowest BCUT2D eigenvalue weighted by molar-refractivity contribution is -0.117. The number of hydrogen-bond acceptors (Lipinski definition) is 5. The first-order chi connectivity index (χ1) is 12.4. The number of amides is 1. The van der Waals surface area contributed by atoms with Gasteiger partial charge in [-0.3, -0.25) is 4.79 Å². The Morgan fingerprint density at radius 2 is 1.88 bits per heavy atom. The zero-order valence-corrected chi connectivity index (χ0v) is 16.1. The number of hydrogen-bond donors (Lipinski definition) is 1. The van der Waals surface area contributed by atoms with Crippen LogP contribution < -0.4 is 5.32 Å². The highest BCUT2D eigenvalue weighted by Gasteiger charge is 2.28. The average molecular weight is 397 g/mol. The highest BCUT2D eigenvalue weighted by Crippen LogP contribution is 2.18. The van der Waals surface area contributed by atoms with E-state index in [2.05, 4.69) is 5.32 Å². The van der Waals surface area contributed by atoms with Crippen molar-refractivity contribution in [2.75, 3.05) is 38.6 Å². The Hall–Kier alpha value is -2.08. The van der Waals surface area contributed by atoms with Crippen LogP contribution in [0.25, 0.3) is 0 Å². The Kier molecular flexibility index (Phi) is 7.03. The van der Waals surface area contributed by atoms with Gasteiger partial charge in [-0.15, -0.1) is 11.6 Å². The van der Waals surface area contributed by atoms with Crippen molar-refractivity contribution in [3.63, 3.8) is 0 Å². The summed E-state index contributed by atoms with van der Waals surface area (Å²) in [5.41, 5.74) is 0.973. The first-order valence-electron chi connectivity index (χ1n) is 8.15. The van der Waals surface area contributed by atoms with Crippen molar-refractivity contribution in [1.29, 1.82) is 5.26 Å². The molecule has 9 heteroatoms. The summed E-state index contributed by atoms with van der Waals surface area (Å²) in [6.07, 6.45) is 1.47. The van der Waals surface area contributed by atoms with Gasteiger partial charge in [0, 0.05) is 44.8 Å². The monoisotopic (exact) mass is 396 g/mol. The van der Waals surface area contributed by atoms with Gasteiger partial charge < -0.3 is 10.2 Å². The van der Waals surface area contributed by atoms with Crippen LogP contribution in [0.2, 0.25) is 0 Å². The van der Waals surface area contributed by atoms with Crippen LogP contribution in [-0.4, -0.2) is 62.1 Å². The van der Waals surface area contributed by atoms with E-state index in [1.165, 1.54) is 10.5 Å². The van der Waals surface area contributed by atoms with Gasteiger partial charge in [-0.2, -0.15) is 9.57 Å². The third kappa shape index (κ3) is 4.97.